The molecule has 0 spiro atoms. The van der Waals surface area contributed by atoms with Gasteiger partial charge in [-0.25, -0.2) is 23.3 Å². The molecule has 9 nitrogen and oxygen atoms in total. The lowest BCUT2D eigenvalue weighted by Crippen LogP contribution is -2.36. The van der Waals surface area contributed by atoms with E-state index in [1.54, 1.807) is 4.90 Å². The first-order chi connectivity index (χ1) is 10.8. The molecule has 3 heterocycles. The summed E-state index contributed by atoms with van der Waals surface area (Å²) in [4.78, 5) is 29.9. The Labute approximate surface area is 132 Å². The van der Waals surface area contributed by atoms with Crippen LogP contribution in [0.5, 0.6) is 0 Å². The molecule has 3 rings (SSSR count). The fourth-order valence-electron chi connectivity index (χ4n) is 2.70. The van der Waals surface area contributed by atoms with Crippen LogP contribution in [0.2, 0.25) is 0 Å². The molecule has 23 heavy (non-hydrogen) atoms. The lowest BCUT2D eigenvalue weighted by molar-refractivity contribution is 0.0784. The van der Waals surface area contributed by atoms with Crippen LogP contribution in [0.3, 0.4) is 0 Å². The number of carboxylic acid groups (broad SMARTS) is 1. The highest BCUT2D eigenvalue weighted by molar-refractivity contribution is 7.89. The molecular formula is C13H14N4O5S. The molecule has 2 amide bonds. The Morgan fingerprint density at radius 1 is 1.09 bits per heavy atom. The Morgan fingerprint density at radius 3 is 2.09 bits per heavy atom. The van der Waals surface area contributed by atoms with Gasteiger partial charge in [0.1, 0.15) is 10.6 Å². The summed E-state index contributed by atoms with van der Waals surface area (Å²) in [5.74, 6) is -0.331. The van der Waals surface area contributed by atoms with Gasteiger partial charge in [-0.1, -0.05) is 0 Å². The summed E-state index contributed by atoms with van der Waals surface area (Å²) >= 11 is 0. The molecule has 0 fully saturated rings. The third-order valence-corrected chi connectivity index (χ3v) is 4.77. The minimum absolute atomic E-state index is 0.119. The van der Waals surface area contributed by atoms with Gasteiger partial charge in [-0.2, -0.15) is 0 Å². The van der Waals surface area contributed by atoms with Gasteiger partial charge in [0.15, 0.2) is 0 Å². The van der Waals surface area contributed by atoms with Gasteiger partial charge in [-0.15, -0.1) is 0 Å². The molecule has 3 N–H and O–H groups in total. The maximum absolute atomic E-state index is 12.4. The molecule has 1 aromatic rings. The van der Waals surface area contributed by atoms with Gasteiger partial charge in [-0.05, 0) is 23.3 Å². The average Bonchev–Trinajstić information content (AvgIpc) is 3.04. The van der Waals surface area contributed by atoms with Crippen LogP contribution in [-0.4, -0.2) is 66.5 Å². The number of sulfonamides is 1. The summed E-state index contributed by atoms with van der Waals surface area (Å²) < 4.78 is 22.3. The molecular weight excluding hydrogens is 324 g/mol. The number of carbonyl (C=O) groups excluding carboxylic acids is 1. The molecule has 1 aromatic heterocycles. The van der Waals surface area contributed by atoms with Gasteiger partial charge in [0, 0.05) is 32.4 Å². The van der Waals surface area contributed by atoms with Crippen molar-refractivity contribution < 1.29 is 23.1 Å². The third kappa shape index (κ3) is 2.90. The maximum Gasteiger partial charge on any atom is 0.407 e. The smallest absolute Gasteiger partial charge is 0.407 e. The van der Waals surface area contributed by atoms with Crippen molar-refractivity contribution in [3.8, 4) is 0 Å². The van der Waals surface area contributed by atoms with Crippen LogP contribution in [0.25, 0.3) is 0 Å². The number of amides is 2. The second-order valence-electron chi connectivity index (χ2n) is 5.43. The Balaban J connectivity index is 1.69. The Morgan fingerprint density at radius 2 is 1.65 bits per heavy atom. The van der Waals surface area contributed by atoms with Crippen molar-refractivity contribution in [3.05, 3.63) is 35.2 Å². The largest absolute Gasteiger partial charge is 0.465 e. The van der Waals surface area contributed by atoms with Crippen molar-refractivity contribution in [2.24, 2.45) is 5.14 Å². The fourth-order valence-corrected chi connectivity index (χ4v) is 3.15. The monoisotopic (exact) mass is 338 g/mol. The lowest BCUT2D eigenvalue weighted by Gasteiger charge is -2.21. The van der Waals surface area contributed by atoms with Crippen LogP contribution in [-0.2, 0) is 10.0 Å². The predicted octanol–water partition coefficient (Wildman–Crippen LogP) is -0.525. The van der Waals surface area contributed by atoms with Gasteiger partial charge >= 0.3 is 6.09 Å². The molecule has 10 heteroatoms. The Hall–Kier alpha value is -2.46. The van der Waals surface area contributed by atoms with Crippen molar-refractivity contribution in [2.75, 3.05) is 26.2 Å². The number of pyridine rings is 1. The number of nitrogens with zero attached hydrogens (tertiary/aromatic N) is 3. The van der Waals surface area contributed by atoms with Crippen LogP contribution in [0.4, 0.5) is 4.79 Å². The van der Waals surface area contributed by atoms with E-state index in [0.717, 1.165) is 17.3 Å². The first kappa shape index (κ1) is 15.4. The second-order valence-corrected chi connectivity index (χ2v) is 6.99. The lowest BCUT2D eigenvalue weighted by atomic mass is 10.2. The summed E-state index contributed by atoms with van der Waals surface area (Å²) in [7, 11) is -3.85. The molecule has 2 aliphatic heterocycles. The van der Waals surface area contributed by atoms with Gasteiger partial charge in [-0.3, -0.25) is 4.79 Å². The zero-order chi connectivity index (χ0) is 16.8. The zero-order valence-corrected chi connectivity index (χ0v) is 12.8. The highest BCUT2D eigenvalue weighted by Crippen LogP contribution is 2.26. The zero-order valence-electron chi connectivity index (χ0n) is 12.0. The summed E-state index contributed by atoms with van der Waals surface area (Å²) in [5, 5.41) is 13.9. The quantitative estimate of drug-likeness (QED) is 0.697. The van der Waals surface area contributed by atoms with Crippen LogP contribution < -0.4 is 5.14 Å². The van der Waals surface area contributed by atoms with Crippen molar-refractivity contribution in [3.63, 3.8) is 0 Å². The van der Waals surface area contributed by atoms with Crippen molar-refractivity contribution in [1.82, 2.24) is 14.8 Å². The molecule has 0 saturated carbocycles. The van der Waals surface area contributed by atoms with Gasteiger partial charge in [0.2, 0.25) is 10.0 Å². The number of rotatable bonds is 2. The molecule has 0 bridgehead atoms. The van der Waals surface area contributed by atoms with E-state index < -0.39 is 16.1 Å². The average molecular weight is 338 g/mol. The Kier molecular flexibility index (Phi) is 3.57. The van der Waals surface area contributed by atoms with Crippen molar-refractivity contribution >= 4 is 22.0 Å². The van der Waals surface area contributed by atoms with Crippen LogP contribution in [0, 0.1) is 0 Å². The highest BCUT2D eigenvalue weighted by atomic mass is 32.2. The molecule has 2 aliphatic rings. The van der Waals surface area contributed by atoms with E-state index in [1.165, 1.54) is 17.0 Å². The predicted molar refractivity (Wildman–Crippen MR) is 78.1 cm³/mol. The minimum atomic E-state index is -3.85. The van der Waals surface area contributed by atoms with Crippen LogP contribution in [0.1, 0.15) is 10.5 Å². The van der Waals surface area contributed by atoms with Gasteiger partial charge in [0.25, 0.3) is 5.91 Å². The normalized spacial score (nSPS) is 17.6. The number of hydrogen-bond donors (Lipinski definition) is 2. The molecule has 0 aliphatic carbocycles. The number of hydrogen-bond acceptors (Lipinski definition) is 5. The van der Waals surface area contributed by atoms with E-state index in [9.17, 15) is 18.0 Å². The van der Waals surface area contributed by atoms with E-state index in [0.29, 0.717) is 26.2 Å². The molecule has 0 radical (unpaired) electrons. The number of carbonyl (C=O) groups is 2. The summed E-state index contributed by atoms with van der Waals surface area (Å²) in [6.07, 6.45) is 0.0730. The first-order valence-corrected chi connectivity index (χ1v) is 8.26. The summed E-state index contributed by atoms with van der Waals surface area (Å²) in [6.45, 7) is 1.34. The highest BCUT2D eigenvalue weighted by Gasteiger charge is 2.34. The topological polar surface area (TPSA) is 134 Å². The summed E-state index contributed by atoms with van der Waals surface area (Å²) in [6, 6.07) is 2.55. The minimum Gasteiger partial charge on any atom is -0.465 e. The Bertz CT molecular complexity index is 797. The standard InChI is InChI=1S/C13H14N4O5S/c14-23(21,22)10-1-2-11(15-3-10)12(18)16-4-8-6-17(13(19)20)7-9(8)5-16/h1-3H,4-7H2,(H,19,20)(H2,14,21,22). The molecule has 0 saturated heterocycles. The van der Waals surface area contributed by atoms with E-state index in [1.807, 2.05) is 0 Å². The van der Waals surface area contributed by atoms with Gasteiger partial charge in [0.05, 0.1) is 0 Å². The fraction of sp³-hybridized carbons (Fsp3) is 0.308. The van der Waals surface area contributed by atoms with E-state index >= 15 is 0 Å². The SMILES string of the molecule is NS(=O)(=O)c1ccc(C(=O)N2CC3=C(CN(C(=O)O)C3)C2)nc1. The molecule has 122 valence electrons. The number of nitrogens with two attached hydrogens (primary N) is 1. The molecule has 0 atom stereocenters. The number of aromatic nitrogens is 1. The van der Waals surface area contributed by atoms with Crippen molar-refractivity contribution in [2.45, 2.75) is 4.90 Å². The van der Waals surface area contributed by atoms with E-state index in [2.05, 4.69) is 4.98 Å². The third-order valence-electron chi connectivity index (χ3n) is 3.87. The molecule has 0 unspecified atom stereocenters. The van der Waals surface area contributed by atoms with E-state index in [4.69, 9.17) is 10.2 Å². The van der Waals surface area contributed by atoms with E-state index in [-0.39, 0.29) is 16.5 Å². The summed E-state index contributed by atoms with van der Waals surface area (Å²) in [5.41, 5.74) is 1.98. The van der Waals surface area contributed by atoms with Gasteiger partial charge < -0.3 is 14.9 Å². The van der Waals surface area contributed by atoms with Crippen LogP contribution in [0.15, 0.2) is 34.4 Å². The van der Waals surface area contributed by atoms with Crippen molar-refractivity contribution in [1.29, 1.82) is 0 Å². The second kappa shape index (κ2) is 5.32. The van der Waals surface area contributed by atoms with Crippen LogP contribution >= 0.6 is 0 Å². The molecule has 0 aromatic carbocycles. The maximum atomic E-state index is 12.4. The number of primary sulfonamides is 1. The first-order valence-electron chi connectivity index (χ1n) is 6.71.